The van der Waals surface area contributed by atoms with Crippen LogP contribution in [0.3, 0.4) is 0 Å². The van der Waals surface area contributed by atoms with E-state index < -0.39 is 22.4 Å². The van der Waals surface area contributed by atoms with Gasteiger partial charge in [0.15, 0.2) is 0 Å². The molecule has 7 nitrogen and oxygen atoms in total. The second-order valence-electron chi connectivity index (χ2n) is 10.0. The molecule has 1 saturated heterocycles. The van der Waals surface area contributed by atoms with Gasteiger partial charge in [-0.3, -0.25) is 9.36 Å². The number of likely N-dealkylation sites (tertiary alicyclic amines) is 1. The van der Waals surface area contributed by atoms with E-state index in [0.29, 0.717) is 25.0 Å². The molecule has 1 atom stereocenters. The molecule has 168 valence electrons. The molecule has 1 aromatic carbocycles. The van der Waals surface area contributed by atoms with Crippen LogP contribution in [-0.4, -0.2) is 49.9 Å². The Kier molecular flexibility index (Phi) is 5.32. The molecule has 1 N–H and O–H groups in total. The second-order valence-corrected chi connectivity index (χ2v) is 10.0. The third-order valence-electron chi connectivity index (χ3n) is 6.71. The summed E-state index contributed by atoms with van der Waals surface area (Å²) in [6.45, 7) is 6.29. The van der Waals surface area contributed by atoms with Crippen molar-refractivity contribution in [3.63, 3.8) is 0 Å². The monoisotopic (exact) mass is 431 g/mol. The third kappa shape index (κ3) is 4.05. The van der Waals surface area contributed by atoms with Crippen LogP contribution in [0.2, 0.25) is 0 Å². The lowest BCUT2D eigenvalue weighted by atomic mass is 9.66. The lowest BCUT2D eigenvalue weighted by Crippen LogP contribution is -2.62. The highest BCUT2D eigenvalue weighted by atomic mass is 19.1. The number of amides is 1. The number of ether oxygens (including phenoxy) is 1. The Morgan fingerprint density at radius 3 is 2.65 bits per heavy atom. The number of halogens is 1. The Hall–Kier alpha value is -2.48. The standard InChI is InChI=1S/C23H30FN3O4/c1-21(2,3)31-20(29)26-11-10-23(30,22(13-26)8-4-5-9-22)14-27-15-25-18-7-6-16(24)12-17(18)19(27)28/h6-7,12,15,30H,4-5,8-11,13-14H2,1-3H3. The van der Waals surface area contributed by atoms with Gasteiger partial charge in [0.05, 0.1) is 29.4 Å². The molecular formula is C23H30FN3O4. The van der Waals surface area contributed by atoms with Crippen LogP contribution < -0.4 is 5.56 Å². The largest absolute Gasteiger partial charge is 0.444 e. The summed E-state index contributed by atoms with van der Waals surface area (Å²) in [5, 5.41) is 12.0. The predicted octanol–water partition coefficient (Wildman–Crippen LogP) is 3.47. The average Bonchev–Trinajstić information content (AvgIpc) is 3.16. The van der Waals surface area contributed by atoms with Crippen molar-refractivity contribution in [3.05, 3.63) is 40.7 Å². The Labute approximate surface area is 180 Å². The van der Waals surface area contributed by atoms with Crippen molar-refractivity contribution < 1.29 is 19.0 Å². The average molecular weight is 432 g/mol. The number of piperidine rings is 1. The van der Waals surface area contributed by atoms with Gasteiger partial charge in [-0.2, -0.15) is 0 Å². The van der Waals surface area contributed by atoms with Gasteiger partial charge in [0, 0.05) is 18.5 Å². The van der Waals surface area contributed by atoms with Crippen LogP contribution in [0.1, 0.15) is 52.9 Å². The predicted molar refractivity (Wildman–Crippen MR) is 114 cm³/mol. The fraction of sp³-hybridized carbons (Fsp3) is 0.609. The summed E-state index contributed by atoms with van der Waals surface area (Å²) in [6, 6.07) is 3.93. The number of aromatic nitrogens is 2. The van der Waals surface area contributed by atoms with Crippen LogP contribution in [0.25, 0.3) is 10.9 Å². The van der Waals surface area contributed by atoms with E-state index in [1.165, 1.54) is 29.1 Å². The highest BCUT2D eigenvalue weighted by Crippen LogP contribution is 2.51. The summed E-state index contributed by atoms with van der Waals surface area (Å²) in [6.07, 6.45) is 4.84. The first-order chi connectivity index (χ1) is 14.5. The maximum Gasteiger partial charge on any atom is 0.410 e. The lowest BCUT2D eigenvalue weighted by Gasteiger charge is -2.52. The molecule has 31 heavy (non-hydrogen) atoms. The van der Waals surface area contributed by atoms with Gasteiger partial charge >= 0.3 is 6.09 Å². The van der Waals surface area contributed by atoms with E-state index in [1.54, 1.807) is 4.90 Å². The van der Waals surface area contributed by atoms with Crippen molar-refractivity contribution in [3.8, 4) is 0 Å². The smallest absolute Gasteiger partial charge is 0.410 e. The van der Waals surface area contributed by atoms with Crippen LogP contribution in [0.5, 0.6) is 0 Å². The zero-order chi connectivity index (χ0) is 22.4. The summed E-state index contributed by atoms with van der Waals surface area (Å²) < 4.78 is 20.6. The van der Waals surface area contributed by atoms with E-state index in [2.05, 4.69) is 4.98 Å². The maximum atomic E-state index is 13.7. The first kappa shape index (κ1) is 21.7. The zero-order valence-electron chi connectivity index (χ0n) is 18.4. The van der Waals surface area contributed by atoms with E-state index in [0.717, 1.165) is 25.7 Å². The van der Waals surface area contributed by atoms with Crippen molar-refractivity contribution in [2.75, 3.05) is 13.1 Å². The molecule has 1 spiro atoms. The lowest BCUT2D eigenvalue weighted by molar-refractivity contribution is -0.140. The van der Waals surface area contributed by atoms with Crippen LogP contribution in [-0.2, 0) is 11.3 Å². The normalized spacial score (nSPS) is 23.5. The number of aliphatic hydroxyl groups is 1. The van der Waals surface area contributed by atoms with Gasteiger partial charge in [0.1, 0.15) is 11.4 Å². The molecule has 1 aliphatic carbocycles. The SMILES string of the molecule is CC(C)(C)OC(=O)N1CCC(O)(Cn2cnc3ccc(F)cc3c2=O)C2(CCCC2)C1. The van der Waals surface area contributed by atoms with Gasteiger partial charge in [-0.15, -0.1) is 0 Å². The fourth-order valence-corrected chi connectivity index (χ4v) is 5.11. The number of benzene rings is 1. The van der Waals surface area contributed by atoms with E-state index >= 15 is 0 Å². The van der Waals surface area contributed by atoms with Gasteiger partial charge in [0.2, 0.25) is 0 Å². The van der Waals surface area contributed by atoms with Crippen molar-refractivity contribution in [1.82, 2.24) is 14.5 Å². The molecule has 2 fully saturated rings. The minimum Gasteiger partial charge on any atom is -0.444 e. The van der Waals surface area contributed by atoms with Crippen molar-refractivity contribution in [2.24, 2.45) is 5.41 Å². The van der Waals surface area contributed by atoms with E-state index in [4.69, 9.17) is 4.74 Å². The summed E-state index contributed by atoms with van der Waals surface area (Å²) in [5.41, 5.74) is -2.23. The quantitative estimate of drug-likeness (QED) is 0.787. The molecule has 2 heterocycles. The number of hydrogen-bond donors (Lipinski definition) is 1. The topological polar surface area (TPSA) is 84.7 Å². The molecule has 2 aromatic rings. The summed E-state index contributed by atoms with van der Waals surface area (Å²) in [7, 11) is 0. The highest BCUT2D eigenvalue weighted by Gasteiger charge is 2.56. The molecule has 1 saturated carbocycles. The summed E-state index contributed by atoms with van der Waals surface area (Å²) in [4.78, 5) is 31.6. The molecule has 1 amide bonds. The molecule has 4 rings (SSSR count). The van der Waals surface area contributed by atoms with Crippen LogP contribution >= 0.6 is 0 Å². The van der Waals surface area contributed by atoms with Gasteiger partial charge in [-0.1, -0.05) is 12.8 Å². The van der Waals surface area contributed by atoms with Gasteiger partial charge < -0.3 is 14.7 Å². The second kappa shape index (κ2) is 7.58. The van der Waals surface area contributed by atoms with E-state index in [1.807, 2.05) is 20.8 Å². The number of fused-ring (bicyclic) bond motifs is 1. The van der Waals surface area contributed by atoms with Crippen molar-refractivity contribution in [1.29, 1.82) is 0 Å². The molecule has 2 aliphatic rings. The van der Waals surface area contributed by atoms with Gasteiger partial charge in [0.25, 0.3) is 5.56 Å². The molecule has 0 radical (unpaired) electrons. The first-order valence-electron chi connectivity index (χ1n) is 10.9. The molecular weight excluding hydrogens is 401 g/mol. The summed E-state index contributed by atoms with van der Waals surface area (Å²) in [5.74, 6) is -0.499. The Morgan fingerprint density at radius 1 is 1.26 bits per heavy atom. The van der Waals surface area contributed by atoms with Gasteiger partial charge in [-0.05, 0) is 58.2 Å². The minimum atomic E-state index is -1.17. The Balaban J connectivity index is 1.64. The van der Waals surface area contributed by atoms with Crippen molar-refractivity contribution in [2.45, 2.75) is 70.6 Å². The number of hydrogen-bond acceptors (Lipinski definition) is 5. The molecule has 1 aromatic heterocycles. The third-order valence-corrected chi connectivity index (χ3v) is 6.71. The number of carbonyl (C=O) groups is 1. The highest BCUT2D eigenvalue weighted by molar-refractivity contribution is 5.77. The fourth-order valence-electron chi connectivity index (χ4n) is 5.11. The van der Waals surface area contributed by atoms with Crippen LogP contribution in [0.4, 0.5) is 9.18 Å². The maximum absolute atomic E-state index is 13.7. The van der Waals surface area contributed by atoms with Crippen molar-refractivity contribution >= 4 is 17.0 Å². The number of carbonyl (C=O) groups excluding carboxylic acids is 1. The molecule has 8 heteroatoms. The Morgan fingerprint density at radius 2 is 1.97 bits per heavy atom. The Bertz CT molecular complexity index is 1050. The number of nitrogens with zero attached hydrogens (tertiary/aromatic N) is 3. The molecule has 1 aliphatic heterocycles. The van der Waals surface area contributed by atoms with Crippen LogP contribution in [0, 0.1) is 11.2 Å². The van der Waals surface area contributed by atoms with E-state index in [-0.39, 0.29) is 23.6 Å². The number of rotatable bonds is 2. The van der Waals surface area contributed by atoms with Crippen LogP contribution in [0.15, 0.2) is 29.3 Å². The molecule has 1 unspecified atom stereocenters. The minimum absolute atomic E-state index is 0.0629. The summed E-state index contributed by atoms with van der Waals surface area (Å²) >= 11 is 0. The zero-order valence-corrected chi connectivity index (χ0v) is 18.4. The molecule has 0 bridgehead atoms. The first-order valence-corrected chi connectivity index (χ1v) is 10.9. The van der Waals surface area contributed by atoms with Gasteiger partial charge in [-0.25, -0.2) is 14.2 Å². The van der Waals surface area contributed by atoms with E-state index in [9.17, 15) is 19.1 Å².